The largest absolute Gasteiger partial charge is 0.309 e. The summed E-state index contributed by atoms with van der Waals surface area (Å²) >= 11 is 0. The third kappa shape index (κ3) is 2.11. The molecule has 0 atom stereocenters. The standard InChI is InChI=1S/C21H14N4/c1-4-10-18-15(7-1)16-8-2-5-11-19(16)25(18)20-12-6-3-9-17(20)21-23-13-22-14-24-21/h1-14H. The Morgan fingerprint density at radius 2 is 1.16 bits per heavy atom. The zero-order valence-corrected chi connectivity index (χ0v) is 13.4. The lowest BCUT2D eigenvalue weighted by Gasteiger charge is -2.12. The molecule has 25 heavy (non-hydrogen) atoms. The molecule has 0 saturated carbocycles. The highest BCUT2D eigenvalue weighted by molar-refractivity contribution is 6.09. The summed E-state index contributed by atoms with van der Waals surface area (Å²) in [6.07, 6.45) is 3.07. The molecular weight excluding hydrogens is 308 g/mol. The fraction of sp³-hybridized carbons (Fsp3) is 0. The number of nitrogens with zero attached hydrogens (tertiary/aromatic N) is 4. The lowest BCUT2D eigenvalue weighted by molar-refractivity contribution is 1.05. The fourth-order valence-corrected chi connectivity index (χ4v) is 3.42. The molecule has 118 valence electrons. The van der Waals surface area contributed by atoms with Crippen LogP contribution in [0, 0.1) is 0 Å². The van der Waals surface area contributed by atoms with Crippen molar-refractivity contribution < 1.29 is 0 Å². The minimum atomic E-state index is 0.674. The van der Waals surface area contributed by atoms with Gasteiger partial charge in [-0.25, -0.2) is 15.0 Å². The van der Waals surface area contributed by atoms with E-state index >= 15 is 0 Å². The summed E-state index contributed by atoms with van der Waals surface area (Å²) < 4.78 is 2.28. The van der Waals surface area contributed by atoms with Gasteiger partial charge in [-0.1, -0.05) is 48.5 Å². The molecule has 4 heteroatoms. The molecule has 0 aliphatic carbocycles. The molecule has 3 aromatic carbocycles. The van der Waals surface area contributed by atoms with Crippen molar-refractivity contribution in [3.63, 3.8) is 0 Å². The van der Waals surface area contributed by atoms with E-state index in [-0.39, 0.29) is 0 Å². The van der Waals surface area contributed by atoms with Crippen molar-refractivity contribution in [2.24, 2.45) is 0 Å². The van der Waals surface area contributed by atoms with E-state index in [0.717, 1.165) is 11.3 Å². The first-order valence-corrected chi connectivity index (χ1v) is 8.13. The van der Waals surface area contributed by atoms with Crippen molar-refractivity contribution in [2.75, 3.05) is 0 Å². The monoisotopic (exact) mass is 322 g/mol. The summed E-state index contributed by atoms with van der Waals surface area (Å²) in [7, 11) is 0. The van der Waals surface area contributed by atoms with Crippen LogP contribution < -0.4 is 0 Å². The van der Waals surface area contributed by atoms with Gasteiger partial charge in [0.25, 0.3) is 0 Å². The zero-order chi connectivity index (χ0) is 16.6. The fourth-order valence-electron chi connectivity index (χ4n) is 3.42. The third-order valence-electron chi connectivity index (χ3n) is 4.46. The minimum Gasteiger partial charge on any atom is -0.309 e. The van der Waals surface area contributed by atoms with Gasteiger partial charge >= 0.3 is 0 Å². The molecule has 5 rings (SSSR count). The number of rotatable bonds is 2. The second-order valence-corrected chi connectivity index (χ2v) is 5.85. The van der Waals surface area contributed by atoms with E-state index in [1.165, 1.54) is 34.5 Å². The van der Waals surface area contributed by atoms with E-state index in [1.807, 2.05) is 18.2 Å². The van der Waals surface area contributed by atoms with Gasteiger partial charge in [-0.3, -0.25) is 0 Å². The quantitative estimate of drug-likeness (QED) is 0.476. The molecule has 2 heterocycles. The molecule has 0 saturated heterocycles. The lowest BCUT2D eigenvalue weighted by Crippen LogP contribution is -1.99. The second kappa shape index (κ2) is 5.53. The number of fused-ring (bicyclic) bond motifs is 3. The predicted octanol–water partition coefficient (Wildman–Crippen LogP) is 4.64. The average molecular weight is 322 g/mol. The molecule has 0 spiro atoms. The second-order valence-electron chi connectivity index (χ2n) is 5.85. The molecule has 0 aliphatic heterocycles. The molecule has 0 amide bonds. The Kier molecular flexibility index (Phi) is 3.07. The van der Waals surface area contributed by atoms with E-state index in [2.05, 4.69) is 74.1 Å². The number of benzene rings is 3. The summed E-state index contributed by atoms with van der Waals surface area (Å²) in [6, 6.07) is 25.2. The van der Waals surface area contributed by atoms with Gasteiger partial charge in [-0.15, -0.1) is 0 Å². The van der Waals surface area contributed by atoms with Crippen molar-refractivity contribution in [3.05, 3.63) is 85.5 Å². The van der Waals surface area contributed by atoms with Crippen molar-refractivity contribution in [1.82, 2.24) is 19.5 Å². The number of hydrogen-bond acceptors (Lipinski definition) is 3. The predicted molar refractivity (Wildman–Crippen MR) is 99.6 cm³/mol. The van der Waals surface area contributed by atoms with Crippen LogP contribution in [0.4, 0.5) is 0 Å². The topological polar surface area (TPSA) is 43.6 Å². The van der Waals surface area contributed by atoms with E-state index in [1.54, 1.807) is 0 Å². The van der Waals surface area contributed by atoms with Crippen molar-refractivity contribution in [1.29, 1.82) is 0 Å². The Morgan fingerprint density at radius 3 is 1.84 bits per heavy atom. The van der Waals surface area contributed by atoms with Gasteiger partial charge in [0.15, 0.2) is 5.82 Å². The molecule has 2 aromatic heterocycles. The van der Waals surface area contributed by atoms with Crippen LogP contribution >= 0.6 is 0 Å². The lowest BCUT2D eigenvalue weighted by atomic mass is 10.1. The van der Waals surface area contributed by atoms with Gasteiger partial charge in [-0.05, 0) is 24.3 Å². The van der Waals surface area contributed by atoms with Crippen LogP contribution in [-0.4, -0.2) is 19.5 Å². The number of para-hydroxylation sites is 3. The molecule has 4 nitrogen and oxygen atoms in total. The average Bonchev–Trinajstić information content (AvgIpc) is 3.03. The first-order valence-electron chi connectivity index (χ1n) is 8.13. The van der Waals surface area contributed by atoms with Crippen LogP contribution in [0.1, 0.15) is 0 Å². The van der Waals surface area contributed by atoms with Crippen LogP contribution in [0.3, 0.4) is 0 Å². The van der Waals surface area contributed by atoms with Crippen molar-refractivity contribution in [2.45, 2.75) is 0 Å². The van der Waals surface area contributed by atoms with E-state index in [9.17, 15) is 0 Å². The van der Waals surface area contributed by atoms with Gasteiger partial charge < -0.3 is 4.57 Å². The normalized spacial score (nSPS) is 11.2. The van der Waals surface area contributed by atoms with Crippen LogP contribution in [0.25, 0.3) is 38.9 Å². The highest BCUT2D eigenvalue weighted by Crippen LogP contribution is 2.34. The van der Waals surface area contributed by atoms with Gasteiger partial charge in [0.05, 0.1) is 16.7 Å². The highest BCUT2D eigenvalue weighted by Gasteiger charge is 2.15. The summed E-state index contributed by atoms with van der Waals surface area (Å²) in [5.41, 5.74) is 4.39. The smallest absolute Gasteiger partial charge is 0.164 e. The molecule has 5 aromatic rings. The first-order chi connectivity index (χ1) is 12.4. The number of aromatic nitrogens is 4. The summed E-state index contributed by atoms with van der Waals surface area (Å²) in [6.45, 7) is 0. The van der Waals surface area contributed by atoms with E-state index in [0.29, 0.717) is 5.82 Å². The summed E-state index contributed by atoms with van der Waals surface area (Å²) in [4.78, 5) is 12.6. The van der Waals surface area contributed by atoms with Gasteiger partial charge in [-0.2, -0.15) is 0 Å². The Hall–Kier alpha value is -3.53. The molecule has 0 bridgehead atoms. The molecule has 0 N–H and O–H groups in total. The van der Waals surface area contributed by atoms with Gasteiger partial charge in [0.1, 0.15) is 12.7 Å². The third-order valence-corrected chi connectivity index (χ3v) is 4.46. The van der Waals surface area contributed by atoms with Crippen molar-refractivity contribution >= 4 is 21.8 Å². The van der Waals surface area contributed by atoms with Gasteiger partial charge in [0, 0.05) is 16.3 Å². The minimum absolute atomic E-state index is 0.674. The summed E-state index contributed by atoms with van der Waals surface area (Å²) in [5.74, 6) is 0.674. The molecule has 0 fully saturated rings. The Labute approximate surface area is 144 Å². The SMILES string of the molecule is c1ccc(-n2c3ccccc3c3ccccc32)c(-c2ncncn2)c1. The van der Waals surface area contributed by atoms with Crippen LogP contribution in [0.15, 0.2) is 85.5 Å². The molecule has 0 radical (unpaired) electrons. The maximum atomic E-state index is 4.34. The van der Waals surface area contributed by atoms with Gasteiger partial charge in [0.2, 0.25) is 0 Å². The van der Waals surface area contributed by atoms with Crippen LogP contribution in [0.2, 0.25) is 0 Å². The van der Waals surface area contributed by atoms with Crippen LogP contribution in [-0.2, 0) is 0 Å². The maximum Gasteiger partial charge on any atom is 0.164 e. The number of hydrogen-bond donors (Lipinski definition) is 0. The Bertz CT molecular complexity index is 1140. The van der Waals surface area contributed by atoms with Crippen molar-refractivity contribution in [3.8, 4) is 17.1 Å². The Morgan fingerprint density at radius 1 is 0.600 bits per heavy atom. The highest BCUT2D eigenvalue weighted by atomic mass is 15.0. The van der Waals surface area contributed by atoms with Crippen LogP contribution in [0.5, 0.6) is 0 Å². The summed E-state index contributed by atoms with van der Waals surface area (Å²) in [5, 5.41) is 2.48. The molecule has 0 unspecified atom stereocenters. The first kappa shape index (κ1) is 13.9. The van der Waals surface area contributed by atoms with E-state index < -0.39 is 0 Å². The molecule has 0 aliphatic rings. The van der Waals surface area contributed by atoms with E-state index in [4.69, 9.17) is 0 Å². The zero-order valence-electron chi connectivity index (χ0n) is 13.4. The maximum absolute atomic E-state index is 4.34. The molecular formula is C21H14N4. The Balaban J connectivity index is 1.92.